The van der Waals surface area contributed by atoms with Crippen LogP contribution in [0.5, 0.6) is 0 Å². The summed E-state index contributed by atoms with van der Waals surface area (Å²) < 4.78 is 30.8. The molecule has 1 aliphatic rings. The van der Waals surface area contributed by atoms with Gasteiger partial charge in [0.05, 0.1) is 31.8 Å². The first kappa shape index (κ1) is 30.7. The lowest BCUT2D eigenvalue weighted by Crippen LogP contribution is -2.49. The second kappa shape index (κ2) is 10.6. The molecule has 0 atom stereocenters. The Bertz CT molecular complexity index is 2020. The van der Waals surface area contributed by atoms with Gasteiger partial charge in [0, 0.05) is 36.8 Å². The first-order valence-electron chi connectivity index (χ1n) is 15.4. The highest BCUT2D eigenvalue weighted by Gasteiger charge is 2.52. The second-order valence-electron chi connectivity index (χ2n) is 14.0. The fraction of sp³-hybridized carbons (Fsp3) is 0.333. The number of thiophene rings is 2. The van der Waals surface area contributed by atoms with Gasteiger partial charge in [0.1, 0.15) is 11.3 Å². The van der Waals surface area contributed by atoms with Crippen molar-refractivity contribution in [2.24, 2.45) is 0 Å². The molecule has 0 bridgehead atoms. The largest absolute Gasteiger partial charge is 0.505 e. The van der Waals surface area contributed by atoms with Gasteiger partial charge in [-0.2, -0.15) is 0 Å². The van der Waals surface area contributed by atoms with E-state index in [4.69, 9.17) is 18.4 Å². The Labute approximate surface area is 273 Å². The Morgan fingerprint density at radius 1 is 0.778 bits per heavy atom. The van der Waals surface area contributed by atoms with E-state index >= 15 is 0 Å². The van der Waals surface area contributed by atoms with Crippen molar-refractivity contribution in [3.05, 3.63) is 72.8 Å². The Kier molecular flexibility index (Phi) is 7.21. The molecule has 7 rings (SSSR count). The summed E-state index contributed by atoms with van der Waals surface area (Å²) in [5.41, 5.74) is 1.46. The van der Waals surface area contributed by atoms with Crippen LogP contribution in [0.15, 0.2) is 77.2 Å². The van der Waals surface area contributed by atoms with Gasteiger partial charge in [0.2, 0.25) is 0 Å². The zero-order valence-corrected chi connectivity index (χ0v) is 28.7. The number of hydrogen-bond donors (Lipinski definition) is 1. The second-order valence-corrected chi connectivity index (χ2v) is 16.3. The minimum Gasteiger partial charge on any atom is -0.455 e. The van der Waals surface area contributed by atoms with Crippen LogP contribution < -0.4 is 9.55 Å². The molecule has 1 fully saturated rings. The topological polar surface area (TPSA) is 61.1 Å². The van der Waals surface area contributed by atoms with E-state index in [0.717, 1.165) is 58.4 Å². The Morgan fingerprint density at radius 3 is 1.96 bits per heavy atom. The van der Waals surface area contributed by atoms with Crippen LogP contribution in [0.25, 0.3) is 53.6 Å². The van der Waals surface area contributed by atoms with E-state index in [0.29, 0.717) is 7.48 Å². The van der Waals surface area contributed by atoms with Crippen molar-refractivity contribution in [2.75, 3.05) is 0 Å². The summed E-state index contributed by atoms with van der Waals surface area (Å²) in [6, 6.07) is 25.3. The lowest BCUT2D eigenvalue weighted by Gasteiger charge is -2.37. The van der Waals surface area contributed by atoms with E-state index in [9.17, 15) is 5.11 Å². The van der Waals surface area contributed by atoms with Gasteiger partial charge in [-0.05, 0) is 73.1 Å². The molecule has 0 spiro atoms. The summed E-state index contributed by atoms with van der Waals surface area (Å²) in [5, 5.41) is 14.0. The van der Waals surface area contributed by atoms with Gasteiger partial charge in [0.15, 0.2) is 0 Å². The van der Waals surface area contributed by atoms with Gasteiger partial charge in [-0.3, -0.25) is 0 Å². The molecule has 1 aliphatic heterocycles. The lowest BCUT2D eigenvalue weighted by atomic mass is 9.86. The molecule has 0 unspecified atom stereocenters. The molecular weight excluding hydrogens is 598 g/mol. The van der Waals surface area contributed by atoms with E-state index in [1.54, 1.807) is 36.5 Å². The van der Waals surface area contributed by atoms with Gasteiger partial charge in [-0.1, -0.05) is 60.7 Å². The minimum absolute atomic E-state index is 0.382. The van der Waals surface area contributed by atoms with Crippen LogP contribution in [0.2, 0.25) is 0 Å². The highest BCUT2D eigenvalue weighted by molar-refractivity contribution is 7.35. The van der Waals surface area contributed by atoms with E-state index in [1.165, 1.54) is 4.70 Å². The van der Waals surface area contributed by atoms with Crippen molar-refractivity contribution >= 4 is 78.0 Å². The van der Waals surface area contributed by atoms with Crippen LogP contribution in [0.3, 0.4) is 0 Å². The number of aliphatic hydroxyl groups is 1. The summed E-state index contributed by atoms with van der Waals surface area (Å²) in [5.74, 6) is 0.848. The summed E-state index contributed by atoms with van der Waals surface area (Å²) in [6.07, 6.45) is 0. The van der Waals surface area contributed by atoms with Crippen molar-refractivity contribution in [1.29, 1.82) is 0 Å². The molecule has 0 amide bonds. The van der Waals surface area contributed by atoms with Crippen molar-refractivity contribution in [3.8, 4) is 22.5 Å². The molecule has 3 aromatic carbocycles. The minimum atomic E-state index is -0.994. The smallest absolute Gasteiger partial charge is 0.455 e. The van der Waals surface area contributed by atoms with E-state index < -0.39 is 29.5 Å². The van der Waals surface area contributed by atoms with Gasteiger partial charge in [0.25, 0.3) is 0 Å². The van der Waals surface area contributed by atoms with Gasteiger partial charge < -0.3 is 23.5 Å². The molecule has 1 N–H and O–H groups in total. The predicted molar refractivity (Wildman–Crippen MR) is 192 cm³/mol. The molecule has 5 nitrogen and oxygen atoms in total. The number of fused-ring (bicyclic) bond motifs is 6. The highest BCUT2D eigenvalue weighted by Crippen LogP contribution is 2.49. The Hall–Kier alpha value is -2.91. The van der Waals surface area contributed by atoms with Crippen LogP contribution in [0, 0.1) is 0 Å². The summed E-state index contributed by atoms with van der Waals surface area (Å²) in [4.78, 5) is 0. The number of hydrogen-bond acceptors (Lipinski definition) is 7. The Balaban J connectivity index is 1.50. The van der Waals surface area contributed by atoms with Crippen molar-refractivity contribution in [1.82, 2.24) is 0 Å². The quantitative estimate of drug-likeness (QED) is 0.180. The summed E-state index contributed by atoms with van der Waals surface area (Å²) in [6.45, 7) is 15.8. The molecule has 0 aliphatic carbocycles. The summed E-state index contributed by atoms with van der Waals surface area (Å²) in [7, 11) is -0.0828. The SMILES string of the molecule is CC(C)(O)C(C)(C)OBc1cc2c3oc(-c4ccccc4)c(-c4ccccc4)c3c3cc(B4OC(C)(C)C(C)(C)O4)sc3c2s1. The standard InChI is InChI=1S/C36H38B2O5S2/c1-33(2,39)34(3,4)41-37-25-19-24-30-28(27(21-15-11-9-12-16-21)29(40-30)22-17-13-10-14-18-22)23-20-26(45-31(23)32(24)44-25)38-42-35(5,6)36(7,8)43-38/h9-20,37,39H,1-8H3. The third kappa shape index (κ3) is 5.09. The van der Waals surface area contributed by atoms with Gasteiger partial charge in [-0.15, -0.1) is 22.7 Å². The molecule has 6 aromatic rings. The van der Waals surface area contributed by atoms with E-state index in [1.807, 2.05) is 38.1 Å². The average molecular weight is 636 g/mol. The normalized spacial score (nSPS) is 16.8. The molecule has 230 valence electrons. The zero-order valence-electron chi connectivity index (χ0n) is 27.1. The van der Waals surface area contributed by atoms with Gasteiger partial charge in [-0.25, -0.2) is 0 Å². The first-order chi connectivity index (χ1) is 21.2. The third-order valence-corrected chi connectivity index (χ3v) is 12.2. The average Bonchev–Trinajstić information content (AvgIpc) is 3.74. The van der Waals surface area contributed by atoms with Crippen LogP contribution in [-0.4, -0.2) is 42.1 Å². The molecule has 0 saturated carbocycles. The molecule has 9 heteroatoms. The maximum absolute atomic E-state index is 10.7. The van der Waals surface area contributed by atoms with E-state index in [2.05, 4.69) is 76.2 Å². The van der Waals surface area contributed by atoms with Gasteiger partial charge >= 0.3 is 14.6 Å². The van der Waals surface area contributed by atoms with Crippen LogP contribution in [-0.2, 0) is 14.0 Å². The lowest BCUT2D eigenvalue weighted by molar-refractivity contribution is -0.0892. The first-order valence-corrected chi connectivity index (χ1v) is 17.1. The van der Waals surface area contributed by atoms with Crippen molar-refractivity contribution < 1.29 is 23.5 Å². The van der Waals surface area contributed by atoms with E-state index in [-0.39, 0.29) is 0 Å². The maximum Gasteiger partial charge on any atom is 0.505 e. The van der Waals surface area contributed by atoms with Crippen molar-refractivity contribution in [2.45, 2.75) is 77.8 Å². The number of furan rings is 1. The van der Waals surface area contributed by atoms with Crippen LogP contribution in [0.4, 0.5) is 0 Å². The van der Waals surface area contributed by atoms with Crippen molar-refractivity contribution in [3.63, 3.8) is 0 Å². The third-order valence-electron chi connectivity index (χ3n) is 9.80. The van der Waals surface area contributed by atoms with Crippen LogP contribution in [0.1, 0.15) is 55.4 Å². The number of rotatable bonds is 7. The number of benzene rings is 3. The maximum atomic E-state index is 10.7. The zero-order chi connectivity index (χ0) is 31.9. The molecule has 1 saturated heterocycles. The summed E-state index contributed by atoms with van der Waals surface area (Å²) >= 11 is 3.45. The molecule has 0 radical (unpaired) electrons. The fourth-order valence-electron chi connectivity index (χ4n) is 5.67. The van der Waals surface area contributed by atoms with Crippen LogP contribution >= 0.6 is 22.7 Å². The highest BCUT2D eigenvalue weighted by atomic mass is 32.1. The molecule has 3 aromatic heterocycles. The Morgan fingerprint density at radius 2 is 1.36 bits per heavy atom. The molecule has 45 heavy (non-hydrogen) atoms. The predicted octanol–water partition coefficient (Wildman–Crippen LogP) is 8.04. The molecule has 4 heterocycles. The molecular formula is C36H38B2O5S2. The fourth-order valence-corrected chi connectivity index (χ4v) is 8.02. The monoisotopic (exact) mass is 636 g/mol.